The van der Waals surface area contributed by atoms with E-state index < -0.39 is 27.7 Å². The topological polar surface area (TPSA) is 110 Å². The highest BCUT2D eigenvalue weighted by atomic mass is 32.2. The summed E-state index contributed by atoms with van der Waals surface area (Å²) in [5, 5.41) is 2.78. The lowest BCUT2D eigenvalue weighted by Crippen LogP contribution is -2.43. The molecule has 9 heteroatoms. The van der Waals surface area contributed by atoms with Crippen LogP contribution in [0.4, 0.5) is 10.1 Å². The Kier molecular flexibility index (Phi) is 5.99. The molecule has 1 atom stereocenters. The van der Waals surface area contributed by atoms with Gasteiger partial charge in [0.1, 0.15) is 5.82 Å². The minimum absolute atomic E-state index is 0.00929. The number of nitrogens with one attached hydrogen (secondary N) is 1. The van der Waals surface area contributed by atoms with Gasteiger partial charge in [0, 0.05) is 24.3 Å². The van der Waals surface area contributed by atoms with Crippen LogP contribution in [-0.2, 0) is 14.8 Å². The molecular weight excluding hydrogens is 397 g/mol. The molecule has 1 aliphatic rings. The Hall–Kier alpha value is -2.78. The van der Waals surface area contributed by atoms with E-state index in [2.05, 4.69) is 5.32 Å². The minimum Gasteiger partial charge on any atom is -0.366 e. The zero-order chi connectivity index (χ0) is 21.2. The molecule has 0 aromatic heterocycles. The zero-order valence-corrected chi connectivity index (χ0v) is 16.7. The molecule has 1 saturated heterocycles. The Bertz CT molecular complexity index is 1040. The Labute approximate surface area is 168 Å². The summed E-state index contributed by atoms with van der Waals surface area (Å²) in [6.45, 7) is 2.00. The normalized spacial score (nSPS) is 17.7. The van der Waals surface area contributed by atoms with Crippen molar-refractivity contribution in [2.45, 2.75) is 24.7 Å². The number of primary amides is 1. The highest BCUT2D eigenvalue weighted by molar-refractivity contribution is 7.89. The molecular formula is C20H22FN3O4S. The molecule has 0 spiro atoms. The number of sulfonamides is 1. The Balaban J connectivity index is 1.75. The van der Waals surface area contributed by atoms with Crippen molar-refractivity contribution in [1.29, 1.82) is 0 Å². The third-order valence-corrected chi connectivity index (χ3v) is 6.94. The first-order chi connectivity index (χ1) is 13.7. The summed E-state index contributed by atoms with van der Waals surface area (Å²) in [6.07, 6.45) is 1.06. The first-order valence-electron chi connectivity index (χ1n) is 9.16. The van der Waals surface area contributed by atoms with Crippen LogP contribution in [0.1, 0.15) is 28.8 Å². The summed E-state index contributed by atoms with van der Waals surface area (Å²) >= 11 is 0. The molecule has 2 amide bonds. The summed E-state index contributed by atoms with van der Waals surface area (Å²) in [4.78, 5) is 24.2. The standard InChI is InChI=1S/C20H22FN3O4S/c1-13-17(19(22)25)5-2-6-18(13)23-20(26)14-4-3-11-24(12-14)29(27,28)16-9-7-15(21)8-10-16/h2,5-10,14H,3-4,11-12H2,1H3,(H2,22,25)(H,23,26). The average Bonchev–Trinajstić information content (AvgIpc) is 2.69. The van der Waals surface area contributed by atoms with Crippen LogP contribution in [0.3, 0.4) is 0 Å². The van der Waals surface area contributed by atoms with E-state index in [0.717, 1.165) is 12.1 Å². The summed E-state index contributed by atoms with van der Waals surface area (Å²) < 4.78 is 40.0. The second-order valence-corrected chi connectivity index (χ2v) is 8.93. The zero-order valence-electron chi connectivity index (χ0n) is 15.9. The Morgan fingerprint density at radius 2 is 1.86 bits per heavy atom. The third kappa shape index (κ3) is 4.46. The number of benzene rings is 2. The molecule has 7 nitrogen and oxygen atoms in total. The van der Waals surface area contributed by atoms with Crippen molar-refractivity contribution in [3.8, 4) is 0 Å². The van der Waals surface area contributed by atoms with Gasteiger partial charge in [-0.3, -0.25) is 9.59 Å². The number of nitrogens with zero attached hydrogens (tertiary/aromatic N) is 1. The molecule has 1 unspecified atom stereocenters. The molecule has 3 rings (SSSR count). The SMILES string of the molecule is Cc1c(NC(=O)C2CCCN(S(=O)(=O)c3ccc(F)cc3)C2)cccc1C(N)=O. The lowest BCUT2D eigenvalue weighted by molar-refractivity contribution is -0.120. The van der Waals surface area contributed by atoms with Crippen molar-refractivity contribution in [2.24, 2.45) is 11.7 Å². The second-order valence-electron chi connectivity index (χ2n) is 6.99. The summed E-state index contributed by atoms with van der Waals surface area (Å²) in [5.41, 5.74) is 6.67. The highest BCUT2D eigenvalue weighted by Crippen LogP contribution is 2.26. The maximum atomic E-state index is 13.1. The van der Waals surface area contributed by atoms with Gasteiger partial charge in [0.25, 0.3) is 0 Å². The molecule has 154 valence electrons. The van der Waals surface area contributed by atoms with Crippen LogP contribution in [0, 0.1) is 18.7 Å². The molecule has 1 heterocycles. The second kappa shape index (κ2) is 8.30. The van der Waals surface area contributed by atoms with Gasteiger partial charge in [0.2, 0.25) is 21.8 Å². The number of carbonyl (C=O) groups excluding carboxylic acids is 2. The maximum absolute atomic E-state index is 13.1. The predicted molar refractivity (Wildman–Crippen MR) is 106 cm³/mol. The molecule has 2 aromatic carbocycles. The number of hydrogen-bond acceptors (Lipinski definition) is 4. The van der Waals surface area contributed by atoms with Gasteiger partial charge in [0.15, 0.2) is 0 Å². The van der Waals surface area contributed by atoms with E-state index in [1.54, 1.807) is 25.1 Å². The van der Waals surface area contributed by atoms with Crippen molar-refractivity contribution in [2.75, 3.05) is 18.4 Å². The minimum atomic E-state index is -3.82. The van der Waals surface area contributed by atoms with E-state index >= 15 is 0 Å². The number of amides is 2. The van der Waals surface area contributed by atoms with Crippen LogP contribution in [0.25, 0.3) is 0 Å². The van der Waals surface area contributed by atoms with Crippen molar-refractivity contribution in [3.63, 3.8) is 0 Å². The van der Waals surface area contributed by atoms with E-state index in [0.29, 0.717) is 36.2 Å². The first-order valence-corrected chi connectivity index (χ1v) is 10.6. The van der Waals surface area contributed by atoms with Crippen LogP contribution in [-0.4, -0.2) is 37.6 Å². The monoisotopic (exact) mass is 419 g/mol. The van der Waals surface area contributed by atoms with Crippen molar-refractivity contribution < 1.29 is 22.4 Å². The van der Waals surface area contributed by atoms with E-state index in [-0.39, 0.29) is 17.3 Å². The van der Waals surface area contributed by atoms with Gasteiger partial charge in [-0.1, -0.05) is 6.07 Å². The maximum Gasteiger partial charge on any atom is 0.249 e. The molecule has 0 saturated carbocycles. The smallest absolute Gasteiger partial charge is 0.249 e. The number of rotatable bonds is 5. The molecule has 29 heavy (non-hydrogen) atoms. The molecule has 3 N–H and O–H groups in total. The third-order valence-electron chi connectivity index (χ3n) is 5.06. The van der Waals surface area contributed by atoms with Gasteiger partial charge in [-0.15, -0.1) is 0 Å². The van der Waals surface area contributed by atoms with Gasteiger partial charge in [0.05, 0.1) is 10.8 Å². The number of carbonyl (C=O) groups is 2. The number of anilines is 1. The van der Waals surface area contributed by atoms with E-state index in [9.17, 15) is 22.4 Å². The van der Waals surface area contributed by atoms with Crippen molar-refractivity contribution in [1.82, 2.24) is 4.31 Å². The fourth-order valence-corrected chi connectivity index (χ4v) is 4.93. The van der Waals surface area contributed by atoms with Gasteiger partial charge in [-0.05, 0) is 61.7 Å². The number of halogens is 1. The van der Waals surface area contributed by atoms with E-state index in [1.165, 1.54) is 16.4 Å². The first kappa shape index (κ1) is 20.9. The Morgan fingerprint density at radius 3 is 2.52 bits per heavy atom. The quantitative estimate of drug-likeness (QED) is 0.775. The van der Waals surface area contributed by atoms with E-state index in [1.807, 2.05) is 0 Å². The lowest BCUT2D eigenvalue weighted by atomic mass is 9.98. The van der Waals surface area contributed by atoms with Crippen LogP contribution >= 0.6 is 0 Å². The molecule has 2 aromatic rings. The van der Waals surface area contributed by atoms with Gasteiger partial charge < -0.3 is 11.1 Å². The lowest BCUT2D eigenvalue weighted by Gasteiger charge is -2.31. The van der Waals surface area contributed by atoms with Crippen molar-refractivity contribution in [3.05, 3.63) is 59.4 Å². The van der Waals surface area contributed by atoms with Crippen LogP contribution < -0.4 is 11.1 Å². The predicted octanol–water partition coefficient (Wildman–Crippen LogP) is 2.27. The largest absolute Gasteiger partial charge is 0.366 e. The van der Waals surface area contributed by atoms with Gasteiger partial charge in [-0.2, -0.15) is 4.31 Å². The summed E-state index contributed by atoms with van der Waals surface area (Å²) in [7, 11) is -3.82. The average molecular weight is 419 g/mol. The molecule has 0 radical (unpaired) electrons. The molecule has 1 fully saturated rings. The summed E-state index contributed by atoms with van der Waals surface area (Å²) in [5.74, 6) is -1.98. The fraction of sp³-hybridized carbons (Fsp3) is 0.300. The van der Waals surface area contributed by atoms with Crippen LogP contribution in [0.15, 0.2) is 47.4 Å². The van der Waals surface area contributed by atoms with Gasteiger partial charge in [-0.25, -0.2) is 12.8 Å². The van der Waals surface area contributed by atoms with Crippen LogP contribution in [0.5, 0.6) is 0 Å². The Morgan fingerprint density at radius 1 is 1.17 bits per heavy atom. The molecule has 0 aliphatic carbocycles. The van der Waals surface area contributed by atoms with E-state index in [4.69, 9.17) is 5.73 Å². The van der Waals surface area contributed by atoms with Crippen molar-refractivity contribution >= 4 is 27.5 Å². The number of nitrogens with two attached hydrogens (primary N) is 1. The van der Waals surface area contributed by atoms with Gasteiger partial charge >= 0.3 is 0 Å². The molecule has 1 aliphatic heterocycles. The highest BCUT2D eigenvalue weighted by Gasteiger charge is 2.33. The van der Waals surface area contributed by atoms with Crippen LogP contribution in [0.2, 0.25) is 0 Å². The fourth-order valence-electron chi connectivity index (χ4n) is 3.40. The molecule has 0 bridgehead atoms. The number of hydrogen-bond donors (Lipinski definition) is 2. The number of piperidine rings is 1. The summed E-state index contributed by atoms with van der Waals surface area (Å²) in [6, 6.07) is 9.47.